The largest absolute Gasteiger partial charge is 0.506 e. The number of benzene rings is 2. The first kappa shape index (κ1) is 13.8. The number of phenolic OH excluding ortho intramolecular Hbond substituents is 1. The van der Waals surface area contributed by atoms with Crippen molar-refractivity contribution in [2.24, 2.45) is 0 Å². The van der Waals surface area contributed by atoms with Crippen LogP contribution in [0.2, 0.25) is 5.02 Å². The second-order valence-electron chi connectivity index (χ2n) is 4.63. The average Bonchev–Trinajstić information content (AvgIpc) is 2.43. The third-order valence-electron chi connectivity index (χ3n) is 3.22. The van der Waals surface area contributed by atoms with Crippen LogP contribution < -0.4 is 5.32 Å². The first-order chi connectivity index (χ1) is 9.10. The maximum atomic E-state index is 9.39. The van der Waals surface area contributed by atoms with Crippen molar-refractivity contribution in [3.8, 4) is 5.75 Å². The maximum Gasteiger partial charge on any atom is 0.134 e. The quantitative estimate of drug-likeness (QED) is 0.787. The predicted octanol–water partition coefficient (Wildman–Crippen LogP) is 4.78. The van der Waals surface area contributed by atoms with Crippen molar-refractivity contribution in [2.75, 3.05) is 5.32 Å². The molecule has 19 heavy (non-hydrogen) atoms. The van der Waals surface area contributed by atoms with Gasteiger partial charge in [0.2, 0.25) is 0 Å². The van der Waals surface area contributed by atoms with E-state index >= 15 is 0 Å². The smallest absolute Gasteiger partial charge is 0.134 e. The van der Waals surface area contributed by atoms with Gasteiger partial charge in [0, 0.05) is 11.7 Å². The zero-order chi connectivity index (χ0) is 13.8. The molecule has 0 aliphatic rings. The molecule has 0 heterocycles. The lowest BCUT2D eigenvalue weighted by Crippen LogP contribution is -2.06. The van der Waals surface area contributed by atoms with E-state index in [4.69, 9.17) is 11.6 Å². The molecule has 0 saturated heterocycles. The van der Waals surface area contributed by atoms with Gasteiger partial charge in [-0.3, -0.25) is 0 Å². The first-order valence-corrected chi connectivity index (χ1v) is 6.82. The maximum absolute atomic E-state index is 9.39. The molecule has 2 aromatic carbocycles. The van der Waals surface area contributed by atoms with Crippen molar-refractivity contribution in [1.29, 1.82) is 0 Å². The van der Waals surface area contributed by atoms with Gasteiger partial charge in [-0.25, -0.2) is 0 Å². The zero-order valence-corrected chi connectivity index (χ0v) is 11.9. The molecule has 0 aliphatic heterocycles. The van der Waals surface area contributed by atoms with E-state index in [9.17, 15) is 5.11 Å². The van der Waals surface area contributed by atoms with Crippen molar-refractivity contribution < 1.29 is 5.11 Å². The minimum absolute atomic E-state index is 0.104. The molecule has 0 spiro atoms. The van der Waals surface area contributed by atoms with Gasteiger partial charge in [-0.2, -0.15) is 0 Å². The summed E-state index contributed by atoms with van der Waals surface area (Å²) in [4.78, 5) is 0. The standard InChI is InChI=1S/C16H18ClNO/c1-3-12-4-6-13(7-5-12)11(2)18-14-8-9-16(19)15(17)10-14/h4-11,18-19H,3H2,1-2H3. The van der Waals surface area contributed by atoms with E-state index in [0.717, 1.165) is 12.1 Å². The number of aromatic hydroxyl groups is 1. The summed E-state index contributed by atoms with van der Waals surface area (Å²) < 4.78 is 0. The molecule has 2 aromatic rings. The number of aryl methyl sites for hydroxylation is 1. The lowest BCUT2D eigenvalue weighted by molar-refractivity contribution is 0.475. The highest BCUT2D eigenvalue weighted by molar-refractivity contribution is 6.32. The minimum atomic E-state index is 0.104. The molecule has 0 aromatic heterocycles. The van der Waals surface area contributed by atoms with E-state index in [2.05, 4.69) is 43.4 Å². The Kier molecular flexibility index (Phi) is 4.33. The molecule has 0 saturated carbocycles. The monoisotopic (exact) mass is 275 g/mol. The van der Waals surface area contributed by atoms with Crippen LogP contribution >= 0.6 is 11.6 Å². The number of phenols is 1. The molecule has 0 amide bonds. The number of rotatable bonds is 4. The van der Waals surface area contributed by atoms with Crippen LogP contribution in [-0.4, -0.2) is 5.11 Å². The number of hydrogen-bond donors (Lipinski definition) is 2. The molecular weight excluding hydrogens is 258 g/mol. The molecule has 0 radical (unpaired) electrons. The average molecular weight is 276 g/mol. The summed E-state index contributed by atoms with van der Waals surface area (Å²) in [6.07, 6.45) is 1.05. The van der Waals surface area contributed by atoms with Crippen LogP contribution in [0.4, 0.5) is 5.69 Å². The summed E-state index contributed by atoms with van der Waals surface area (Å²) in [7, 11) is 0. The first-order valence-electron chi connectivity index (χ1n) is 6.44. The van der Waals surface area contributed by atoms with Gasteiger partial charge >= 0.3 is 0 Å². The Hall–Kier alpha value is -1.67. The van der Waals surface area contributed by atoms with Crippen LogP contribution in [0.3, 0.4) is 0 Å². The van der Waals surface area contributed by atoms with E-state index in [1.807, 2.05) is 6.07 Å². The molecule has 3 heteroatoms. The fourth-order valence-electron chi connectivity index (χ4n) is 1.97. The van der Waals surface area contributed by atoms with Crippen molar-refractivity contribution in [1.82, 2.24) is 0 Å². The topological polar surface area (TPSA) is 32.3 Å². The Bertz CT molecular complexity index is 551. The second kappa shape index (κ2) is 5.98. The van der Waals surface area contributed by atoms with E-state index in [-0.39, 0.29) is 11.8 Å². The summed E-state index contributed by atoms with van der Waals surface area (Å²) in [6, 6.07) is 13.9. The van der Waals surface area contributed by atoms with E-state index in [1.165, 1.54) is 11.1 Å². The summed E-state index contributed by atoms with van der Waals surface area (Å²) in [5.74, 6) is 0.104. The summed E-state index contributed by atoms with van der Waals surface area (Å²) in [5, 5.41) is 13.1. The molecule has 0 fully saturated rings. The lowest BCUT2D eigenvalue weighted by atomic mass is 10.0. The Morgan fingerprint density at radius 3 is 2.42 bits per heavy atom. The fourth-order valence-corrected chi connectivity index (χ4v) is 2.15. The molecule has 1 atom stereocenters. The Morgan fingerprint density at radius 1 is 1.16 bits per heavy atom. The van der Waals surface area contributed by atoms with E-state index in [1.54, 1.807) is 12.1 Å². The Morgan fingerprint density at radius 2 is 1.84 bits per heavy atom. The van der Waals surface area contributed by atoms with Crippen LogP contribution in [0.1, 0.15) is 31.0 Å². The van der Waals surface area contributed by atoms with Gasteiger partial charge in [-0.15, -0.1) is 0 Å². The normalized spacial score (nSPS) is 12.2. The van der Waals surface area contributed by atoms with Crippen molar-refractivity contribution in [3.63, 3.8) is 0 Å². The van der Waals surface area contributed by atoms with Crippen molar-refractivity contribution >= 4 is 17.3 Å². The van der Waals surface area contributed by atoms with E-state index in [0.29, 0.717) is 5.02 Å². The zero-order valence-electron chi connectivity index (χ0n) is 11.2. The van der Waals surface area contributed by atoms with Gasteiger partial charge in [0.15, 0.2) is 0 Å². The van der Waals surface area contributed by atoms with Crippen LogP contribution in [0.5, 0.6) is 5.75 Å². The molecule has 2 nitrogen and oxygen atoms in total. The van der Waals surface area contributed by atoms with Gasteiger partial charge in [0.25, 0.3) is 0 Å². The summed E-state index contributed by atoms with van der Waals surface area (Å²) in [6.45, 7) is 4.25. The number of halogens is 1. The van der Waals surface area contributed by atoms with Crippen LogP contribution in [-0.2, 0) is 6.42 Å². The number of anilines is 1. The molecule has 100 valence electrons. The number of nitrogens with one attached hydrogen (secondary N) is 1. The lowest BCUT2D eigenvalue weighted by Gasteiger charge is -2.16. The predicted molar refractivity (Wildman–Crippen MR) is 81.0 cm³/mol. The molecule has 2 N–H and O–H groups in total. The number of hydrogen-bond acceptors (Lipinski definition) is 2. The molecule has 0 aliphatic carbocycles. The van der Waals surface area contributed by atoms with Gasteiger partial charge in [0.1, 0.15) is 5.75 Å². The van der Waals surface area contributed by atoms with Gasteiger partial charge in [-0.1, -0.05) is 42.8 Å². The van der Waals surface area contributed by atoms with Crippen LogP contribution in [0.25, 0.3) is 0 Å². The molecule has 0 bridgehead atoms. The highest BCUT2D eigenvalue weighted by Gasteiger charge is 2.06. The Labute approximate surface area is 119 Å². The third-order valence-corrected chi connectivity index (χ3v) is 3.52. The third kappa shape index (κ3) is 3.42. The van der Waals surface area contributed by atoms with Gasteiger partial charge in [0.05, 0.1) is 5.02 Å². The molecule has 1 unspecified atom stereocenters. The Balaban J connectivity index is 2.10. The van der Waals surface area contributed by atoms with Crippen LogP contribution in [0.15, 0.2) is 42.5 Å². The van der Waals surface area contributed by atoms with E-state index < -0.39 is 0 Å². The van der Waals surface area contributed by atoms with Gasteiger partial charge < -0.3 is 10.4 Å². The second-order valence-corrected chi connectivity index (χ2v) is 5.03. The SMILES string of the molecule is CCc1ccc(C(C)Nc2ccc(O)c(Cl)c2)cc1. The highest BCUT2D eigenvalue weighted by Crippen LogP contribution is 2.28. The minimum Gasteiger partial charge on any atom is -0.506 e. The van der Waals surface area contributed by atoms with Crippen LogP contribution in [0, 0.1) is 0 Å². The van der Waals surface area contributed by atoms with Gasteiger partial charge in [-0.05, 0) is 42.7 Å². The summed E-state index contributed by atoms with van der Waals surface area (Å²) >= 11 is 5.89. The summed E-state index contributed by atoms with van der Waals surface area (Å²) in [5.41, 5.74) is 3.46. The molecule has 2 rings (SSSR count). The van der Waals surface area contributed by atoms with Crippen molar-refractivity contribution in [3.05, 3.63) is 58.6 Å². The fraction of sp³-hybridized carbons (Fsp3) is 0.250. The van der Waals surface area contributed by atoms with Crippen molar-refractivity contribution in [2.45, 2.75) is 26.3 Å². The molecular formula is C16H18ClNO. The highest BCUT2D eigenvalue weighted by atomic mass is 35.5.